The molecule has 0 aromatic heterocycles. The monoisotopic (exact) mass is 580 g/mol. The normalized spacial score (nSPS) is 13.9. The fraction of sp³-hybridized carbons (Fsp3) is 0.214. The molecule has 3 aromatic rings. The number of ketones is 1. The first-order chi connectivity index (χ1) is 19.4. The van der Waals surface area contributed by atoms with Crippen LogP contribution < -0.4 is 28.4 Å². The topological polar surface area (TPSA) is 89.5 Å². The molecule has 1 aliphatic heterocycles. The average molecular weight is 580 g/mol. The second kappa shape index (κ2) is 11.4. The maximum atomic E-state index is 14.0. The molecule has 216 valence electrons. The summed E-state index contributed by atoms with van der Waals surface area (Å²) in [5, 5.41) is 0. The highest BCUT2D eigenvalue weighted by molar-refractivity contribution is 6.15. The van der Waals surface area contributed by atoms with Gasteiger partial charge in [-0.25, -0.2) is 18.0 Å². The molecule has 0 aliphatic carbocycles. The van der Waals surface area contributed by atoms with Gasteiger partial charge in [-0.05, 0) is 44.2 Å². The standard InChI is InChI=1S/C28H21F5O8/c1-11-15(41-28(35)12(2)39-27-21(32)19(30)18(29)20(31)22(27)33)9-7-14-23(34)17(40-24(11)14)10-13-6-8-16(36-3)26(38-5)25(13)37-4/h6-10,12H,1-5H3/b17-10-. The van der Waals surface area contributed by atoms with Gasteiger partial charge >= 0.3 is 5.97 Å². The lowest BCUT2D eigenvalue weighted by molar-refractivity contribution is -0.141. The van der Waals surface area contributed by atoms with E-state index in [4.69, 9.17) is 28.4 Å². The number of esters is 1. The zero-order valence-electron chi connectivity index (χ0n) is 22.1. The minimum absolute atomic E-state index is 0.0688. The maximum absolute atomic E-state index is 14.0. The van der Waals surface area contributed by atoms with Crippen LogP contribution in [0.2, 0.25) is 0 Å². The van der Waals surface area contributed by atoms with E-state index in [1.165, 1.54) is 46.5 Å². The summed E-state index contributed by atoms with van der Waals surface area (Å²) in [6.07, 6.45) is -0.375. The van der Waals surface area contributed by atoms with E-state index in [-0.39, 0.29) is 34.1 Å². The highest BCUT2D eigenvalue weighted by Crippen LogP contribution is 2.43. The first-order valence-corrected chi connectivity index (χ1v) is 11.7. The average Bonchev–Trinajstić information content (AvgIpc) is 3.29. The van der Waals surface area contributed by atoms with Crippen molar-refractivity contribution in [2.45, 2.75) is 20.0 Å². The lowest BCUT2D eigenvalue weighted by atomic mass is 10.1. The molecular weight excluding hydrogens is 559 g/mol. The largest absolute Gasteiger partial charge is 0.493 e. The molecular formula is C28H21F5O8. The number of hydrogen-bond acceptors (Lipinski definition) is 8. The molecule has 1 atom stereocenters. The molecule has 0 amide bonds. The lowest BCUT2D eigenvalue weighted by Crippen LogP contribution is -2.29. The highest BCUT2D eigenvalue weighted by Gasteiger charge is 2.33. The van der Waals surface area contributed by atoms with Crippen molar-refractivity contribution in [2.24, 2.45) is 0 Å². The third-order valence-corrected chi connectivity index (χ3v) is 6.06. The first kappa shape index (κ1) is 29.2. The molecule has 1 aliphatic rings. The van der Waals surface area contributed by atoms with E-state index in [9.17, 15) is 31.5 Å². The molecule has 0 radical (unpaired) electrons. The van der Waals surface area contributed by atoms with Crippen LogP contribution in [0.1, 0.15) is 28.4 Å². The summed E-state index contributed by atoms with van der Waals surface area (Å²) in [4.78, 5) is 25.6. The Morgan fingerprint density at radius 1 is 0.805 bits per heavy atom. The first-order valence-electron chi connectivity index (χ1n) is 11.7. The van der Waals surface area contributed by atoms with Crippen LogP contribution in [-0.2, 0) is 4.79 Å². The number of Topliss-reactive ketones (excluding diaryl/α,β-unsaturated/α-hetero) is 1. The van der Waals surface area contributed by atoms with Gasteiger partial charge < -0.3 is 28.4 Å². The smallest absolute Gasteiger partial charge is 0.352 e. The van der Waals surface area contributed by atoms with Gasteiger partial charge in [0.05, 0.1) is 26.9 Å². The zero-order chi connectivity index (χ0) is 30.2. The molecule has 8 nitrogen and oxygen atoms in total. The molecule has 3 aromatic carbocycles. The van der Waals surface area contributed by atoms with Gasteiger partial charge in [0.15, 0.2) is 29.1 Å². The van der Waals surface area contributed by atoms with Crippen molar-refractivity contribution in [2.75, 3.05) is 21.3 Å². The Morgan fingerprint density at radius 2 is 1.39 bits per heavy atom. The Labute approximate surface area is 229 Å². The number of ether oxygens (including phenoxy) is 6. The summed E-state index contributed by atoms with van der Waals surface area (Å²) in [5.74, 6) is -13.8. The van der Waals surface area contributed by atoms with E-state index >= 15 is 0 Å². The molecule has 1 heterocycles. The van der Waals surface area contributed by atoms with E-state index in [2.05, 4.69) is 0 Å². The van der Waals surface area contributed by atoms with Gasteiger partial charge in [0, 0.05) is 11.1 Å². The Kier molecular flexibility index (Phi) is 8.08. The number of hydrogen-bond donors (Lipinski definition) is 0. The van der Waals surface area contributed by atoms with Crippen molar-refractivity contribution < 1.29 is 60.0 Å². The number of benzene rings is 3. The molecule has 1 unspecified atom stereocenters. The van der Waals surface area contributed by atoms with Crippen LogP contribution in [-0.4, -0.2) is 39.2 Å². The SMILES string of the molecule is COc1ccc(/C=C2\Oc3c(ccc(OC(=O)C(C)Oc4c(F)c(F)c(F)c(F)c4F)c3C)C2=O)c(OC)c1OC. The molecule has 0 spiro atoms. The lowest BCUT2D eigenvalue weighted by Gasteiger charge is -2.17. The maximum Gasteiger partial charge on any atom is 0.352 e. The van der Waals surface area contributed by atoms with Gasteiger partial charge in [-0.15, -0.1) is 0 Å². The summed E-state index contributed by atoms with van der Waals surface area (Å²) in [5.41, 5.74) is 0.790. The molecule has 0 bridgehead atoms. The zero-order valence-corrected chi connectivity index (χ0v) is 22.1. The van der Waals surface area contributed by atoms with Crippen molar-refractivity contribution in [3.05, 3.63) is 75.8 Å². The van der Waals surface area contributed by atoms with Gasteiger partial charge in [0.25, 0.3) is 0 Å². The quantitative estimate of drug-likeness (QED) is 0.0837. The van der Waals surface area contributed by atoms with Crippen LogP contribution in [0.5, 0.6) is 34.5 Å². The molecule has 0 saturated carbocycles. The molecule has 4 rings (SSSR count). The van der Waals surface area contributed by atoms with E-state index in [0.29, 0.717) is 17.1 Å². The minimum atomic E-state index is -2.37. The molecule has 0 fully saturated rings. The van der Waals surface area contributed by atoms with Crippen LogP contribution in [0.3, 0.4) is 0 Å². The van der Waals surface area contributed by atoms with Gasteiger partial charge in [-0.3, -0.25) is 4.79 Å². The Hall–Kier alpha value is -4.81. The Morgan fingerprint density at radius 3 is 1.98 bits per heavy atom. The molecule has 0 N–H and O–H groups in total. The predicted octanol–water partition coefficient (Wildman–Crippen LogP) is 5.71. The fourth-order valence-corrected chi connectivity index (χ4v) is 3.96. The van der Waals surface area contributed by atoms with E-state index < -0.39 is 52.7 Å². The minimum Gasteiger partial charge on any atom is -0.493 e. The van der Waals surface area contributed by atoms with Gasteiger partial charge in [-0.2, -0.15) is 8.78 Å². The summed E-state index contributed by atoms with van der Waals surface area (Å²) < 4.78 is 99.9. The van der Waals surface area contributed by atoms with E-state index in [0.717, 1.165) is 6.92 Å². The number of carbonyl (C=O) groups is 2. The summed E-state index contributed by atoms with van der Waals surface area (Å²) in [6, 6.07) is 5.84. The summed E-state index contributed by atoms with van der Waals surface area (Å²) >= 11 is 0. The van der Waals surface area contributed by atoms with Gasteiger partial charge in [0.2, 0.25) is 40.6 Å². The molecule has 41 heavy (non-hydrogen) atoms. The predicted molar refractivity (Wildman–Crippen MR) is 132 cm³/mol. The number of halogens is 5. The second-order valence-electron chi connectivity index (χ2n) is 8.51. The number of allylic oxidation sites excluding steroid dienone is 1. The third-order valence-electron chi connectivity index (χ3n) is 6.06. The van der Waals surface area contributed by atoms with Crippen LogP contribution in [0, 0.1) is 36.0 Å². The summed E-state index contributed by atoms with van der Waals surface area (Å²) in [7, 11) is 4.28. The van der Waals surface area contributed by atoms with Crippen molar-refractivity contribution >= 4 is 17.8 Å². The molecule has 0 saturated heterocycles. The Balaban J connectivity index is 1.58. The van der Waals surface area contributed by atoms with Crippen molar-refractivity contribution in [3.63, 3.8) is 0 Å². The third kappa shape index (κ3) is 5.10. The van der Waals surface area contributed by atoms with Crippen molar-refractivity contribution in [1.29, 1.82) is 0 Å². The van der Waals surface area contributed by atoms with E-state index in [1.54, 1.807) is 12.1 Å². The van der Waals surface area contributed by atoms with Crippen LogP contribution in [0.25, 0.3) is 6.08 Å². The number of carbonyl (C=O) groups excluding carboxylic acids is 2. The fourth-order valence-electron chi connectivity index (χ4n) is 3.96. The van der Waals surface area contributed by atoms with Crippen LogP contribution in [0.4, 0.5) is 22.0 Å². The molecule has 13 heteroatoms. The number of fused-ring (bicyclic) bond motifs is 1. The van der Waals surface area contributed by atoms with E-state index in [1.807, 2.05) is 0 Å². The van der Waals surface area contributed by atoms with Crippen LogP contribution >= 0.6 is 0 Å². The van der Waals surface area contributed by atoms with Crippen LogP contribution in [0.15, 0.2) is 30.0 Å². The number of rotatable bonds is 8. The van der Waals surface area contributed by atoms with Gasteiger partial charge in [-0.1, -0.05) is 0 Å². The van der Waals surface area contributed by atoms with Crippen molar-refractivity contribution in [3.8, 4) is 34.5 Å². The summed E-state index contributed by atoms with van der Waals surface area (Å²) in [6.45, 7) is 2.46. The second-order valence-corrected chi connectivity index (χ2v) is 8.51. The van der Waals surface area contributed by atoms with Gasteiger partial charge in [0.1, 0.15) is 11.5 Å². The highest BCUT2D eigenvalue weighted by atomic mass is 19.2. The number of methoxy groups -OCH3 is 3. The Bertz CT molecular complexity index is 1570. The van der Waals surface area contributed by atoms with Crippen molar-refractivity contribution in [1.82, 2.24) is 0 Å².